The summed E-state index contributed by atoms with van der Waals surface area (Å²) in [4.78, 5) is 4.51. The molecule has 0 aliphatic carbocycles. The average molecular weight is 540 g/mol. The van der Waals surface area contributed by atoms with Gasteiger partial charge in [0.25, 0.3) is 0 Å². The largest absolute Gasteiger partial charge is 0.416 e. The number of aliphatic imine (C=N–C) groups is 1. The lowest BCUT2D eigenvalue weighted by Crippen LogP contribution is -2.39. The van der Waals surface area contributed by atoms with Crippen LogP contribution in [0.3, 0.4) is 0 Å². The van der Waals surface area contributed by atoms with E-state index in [-0.39, 0.29) is 36.6 Å². The highest BCUT2D eigenvalue weighted by atomic mass is 127. The van der Waals surface area contributed by atoms with Crippen molar-refractivity contribution < 1.29 is 17.9 Å². The minimum Gasteiger partial charge on any atom is -0.385 e. The van der Waals surface area contributed by atoms with Gasteiger partial charge in [0.05, 0.1) is 11.6 Å². The fourth-order valence-electron chi connectivity index (χ4n) is 2.59. The Morgan fingerprint density at radius 3 is 2.63 bits per heavy atom. The number of hydrogen-bond acceptors (Lipinski definition) is 4. The minimum absolute atomic E-state index is 0. The second-order valence-electron chi connectivity index (χ2n) is 6.65. The van der Waals surface area contributed by atoms with Gasteiger partial charge in [0.2, 0.25) is 0 Å². The van der Waals surface area contributed by atoms with Gasteiger partial charge in [-0.3, -0.25) is 0 Å². The highest BCUT2D eigenvalue weighted by Crippen LogP contribution is 2.30. The first-order valence-electron chi connectivity index (χ1n) is 9.28. The first-order chi connectivity index (χ1) is 13.7. The minimum atomic E-state index is -4.38. The van der Waals surface area contributed by atoms with Crippen LogP contribution in [0.5, 0.6) is 0 Å². The molecule has 0 fully saturated rings. The maximum absolute atomic E-state index is 13.0. The van der Waals surface area contributed by atoms with E-state index in [1.54, 1.807) is 20.1 Å². The quantitative estimate of drug-likeness (QED) is 0.232. The van der Waals surface area contributed by atoms with Crippen molar-refractivity contribution in [3.63, 3.8) is 0 Å². The van der Waals surface area contributed by atoms with Crippen molar-refractivity contribution in [2.45, 2.75) is 39.0 Å². The van der Waals surface area contributed by atoms with Crippen molar-refractivity contribution in [2.24, 2.45) is 12.0 Å². The van der Waals surface area contributed by atoms with Crippen LogP contribution in [-0.4, -0.2) is 41.0 Å². The van der Waals surface area contributed by atoms with Gasteiger partial charge >= 0.3 is 6.18 Å². The third-order valence-corrected chi connectivity index (χ3v) is 4.45. The molecule has 0 amide bonds. The molecule has 1 unspecified atom stereocenters. The number of rotatable bonds is 8. The van der Waals surface area contributed by atoms with E-state index >= 15 is 0 Å². The number of guanidine groups is 1. The molecule has 168 valence electrons. The number of alkyl halides is 3. The molecule has 30 heavy (non-hydrogen) atoms. The Kier molecular flexibility index (Phi) is 10.5. The van der Waals surface area contributed by atoms with Gasteiger partial charge in [0, 0.05) is 27.3 Å². The second kappa shape index (κ2) is 12.1. The molecule has 0 aliphatic heterocycles. The molecule has 1 heterocycles. The van der Waals surface area contributed by atoms with Crippen LogP contribution in [0.15, 0.2) is 29.3 Å². The van der Waals surface area contributed by atoms with E-state index in [0.717, 1.165) is 24.4 Å². The third-order valence-electron chi connectivity index (χ3n) is 4.45. The van der Waals surface area contributed by atoms with E-state index in [9.17, 15) is 13.2 Å². The van der Waals surface area contributed by atoms with Gasteiger partial charge in [-0.05, 0) is 38.0 Å². The molecule has 0 spiro atoms. The van der Waals surface area contributed by atoms with E-state index in [4.69, 9.17) is 4.74 Å². The Morgan fingerprint density at radius 1 is 1.30 bits per heavy atom. The summed E-state index contributed by atoms with van der Waals surface area (Å²) in [6.07, 6.45) is -3.62. The zero-order chi connectivity index (χ0) is 21.4. The molecule has 2 rings (SSSR count). The summed E-state index contributed by atoms with van der Waals surface area (Å²) in [5, 5.41) is 14.4. The number of nitrogens with zero attached hydrogens (tertiary/aromatic N) is 4. The van der Waals surface area contributed by atoms with Crippen LogP contribution < -0.4 is 10.6 Å². The Balaban J connectivity index is 0.00000450. The first-order valence-corrected chi connectivity index (χ1v) is 9.28. The summed E-state index contributed by atoms with van der Waals surface area (Å²) in [7, 11) is 3.48. The van der Waals surface area contributed by atoms with Crippen LogP contribution in [0.2, 0.25) is 0 Å². The molecular weight excluding hydrogens is 512 g/mol. The Bertz CT molecular complexity index is 825. The van der Waals surface area contributed by atoms with Gasteiger partial charge < -0.3 is 19.9 Å². The molecule has 0 bridgehead atoms. The molecule has 1 aromatic carbocycles. The summed E-state index contributed by atoms with van der Waals surface area (Å²) in [5.74, 6) is 1.94. The van der Waals surface area contributed by atoms with E-state index in [1.807, 2.05) is 18.5 Å². The number of methoxy groups -OCH3 is 1. The van der Waals surface area contributed by atoms with Gasteiger partial charge in [-0.1, -0.05) is 12.1 Å². The highest BCUT2D eigenvalue weighted by Gasteiger charge is 2.30. The van der Waals surface area contributed by atoms with Crippen LogP contribution in [0.4, 0.5) is 13.2 Å². The smallest absolute Gasteiger partial charge is 0.385 e. The normalized spacial score (nSPS) is 13.0. The second-order valence-corrected chi connectivity index (χ2v) is 6.65. The average Bonchev–Trinajstić information content (AvgIpc) is 3.00. The molecule has 1 atom stereocenters. The monoisotopic (exact) mass is 540 g/mol. The lowest BCUT2D eigenvalue weighted by atomic mass is 10.1. The van der Waals surface area contributed by atoms with Crippen molar-refractivity contribution >= 4 is 29.9 Å². The molecule has 0 saturated carbocycles. The topological polar surface area (TPSA) is 76.4 Å². The van der Waals surface area contributed by atoms with Crippen molar-refractivity contribution in [1.29, 1.82) is 0 Å². The maximum Gasteiger partial charge on any atom is 0.416 e. The molecule has 11 heteroatoms. The number of ether oxygens (including phenoxy) is 1. The Morgan fingerprint density at radius 2 is 2.03 bits per heavy atom. The summed E-state index contributed by atoms with van der Waals surface area (Å²) >= 11 is 0. The van der Waals surface area contributed by atoms with Gasteiger partial charge in [-0.15, -0.1) is 34.2 Å². The summed E-state index contributed by atoms with van der Waals surface area (Å²) in [6.45, 7) is 5.11. The first kappa shape index (κ1) is 26.1. The maximum atomic E-state index is 13.0. The predicted octanol–water partition coefficient (Wildman–Crippen LogP) is 3.59. The lowest BCUT2D eigenvalue weighted by molar-refractivity contribution is -0.137. The number of hydrogen-bond donors (Lipinski definition) is 2. The Hall–Kier alpha value is -1.89. The molecule has 0 saturated heterocycles. The van der Waals surface area contributed by atoms with E-state index in [0.29, 0.717) is 30.5 Å². The summed E-state index contributed by atoms with van der Waals surface area (Å²) < 4.78 is 45.9. The number of aryl methyl sites for hydroxylation is 1. The van der Waals surface area contributed by atoms with E-state index in [2.05, 4.69) is 25.8 Å². The van der Waals surface area contributed by atoms with Gasteiger partial charge in [0.1, 0.15) is 12.4 Å². The number of nitrogens with one attached hydrogen (secondary N) is 2. The van der Waals surface area contributed by atoms with Crippen LogP contribution in [0, 0.1) is 6.92 Å². The van der Waals surface area contributed by atoms with Crippen LogP contribution in [0.1, 0.15) is 42.2 Å². The third kappa shape index (κ3) is 7.74. The van der Waals surface area contributed by atoms with Crippen LogP contribution >= 0.6 is 24.0 Å². The summed E-state index contributed by atoms with van der Waals surface area (Å²) in [6, 6.07) is 4.88. The van der Waals surface area contributed by atoms with Gasteiger partial charge in [-0.2, -0.15) is 13.2 Å². The molecule has 0 radical (unpaired) electrons. The molecule has 2 aromatic rings. The van der Waals surface area contributed by atoms with Crippen LogP contribution in [0.25, 0.3) is 0 Å². The van der Waals surface area contributed by atoms with Crippen molar-refractivity contribution in [3.8, 4) is 0 Å². The standard InChI is InChI=1S/C19H27F3N6O.HI/c1-13(15-7-5-8-16(11-15)19(20,21)22)25-18(23-9-6-10-29-4)24-12-17-27-26-14(2)28(17)3;/h5,7-8,11,13H,6,9-10,12H2,1-4H3,(H2,23,24,25);1H. The van der Waals surface area contributed by atoms with Crippen LogP contribution in [-0.2, 0) is 24.5 Å². The highest BCUT2D eigenvalue weighted by molar-refractivity contribution is 14.0. The van der Waals surface area contributed by atoms with Crippen molar-refractivity contribution in [1.82, 2.24) is 25.4 Å². The number of benzene rings is 1. The van der Waals surface area contributed by atoms with Crippen molar-refractivity contribution in [2.75, 3.05) is 20.3 Å². The molecular formula is C19H28F3IN6O. The van der Waals surface area contributed by atoms with E-state index in [1.165, 1.54) is 6.07 Å². The number of aromatic nitrogens is 3. The molecule has 1 aromatic heterocycles. The molecule has 7 nitrogen and oxygen atoms in total. The van der Waals surface area contributed by atoms with Crippen molar-refractivity contribution in [3.05, 3.63) is 47.0 Å². The SMILES string of the molecule is COCCCNC(=NCc1nnc(C)n1C)NC(C)c1cccc(C(F)(F)F)c1.I. The summed E-state index contributed by atoms with van der Waals surface area (Å²) in [5.41, 5.74) is -0.162. The zero-order valence-corrected chi connectivity index (χ0v) is 19.8. The van der Waals surface area contributed by atoms with E-state index < -0.39 is 11.7 Å². The molecule has 0 aliphatic rings. The number of halogens is 4. The zero-order valence-electron chi connectivity index (χ0n) is 17.5. The van der Waals surface area contributed by atoms with Gasteiger partial charge in [-0.25, -0.2) is 4.99 Å². The fourth-order valence-corrected chi connectivity index (χ4v) is 2.59. The lowest BCUT2D eigenvalue weighted by Gasteiger charge is -2.20. The fraction of sp³-hybridized carbons (Fsp3) is 0.526. The van der Waals surface area contributed by atoms with Gasteiger partial charge in [0.15, 0.2) is 11.8 Å². The predicted molar refractivity (Wildman–Crippen MR) is 120 cm³/mol. The molecule has 2 N–H and O–H groups in total. The Labute approximate surface area is 191 Å².